The molecule has 5 rings (SSSR count). The smallest absolute Gasteiger partial charge is 0.323 e. The number of imide groups is 1. The van der Waals surface area contributed by atoms with Gasteiger partial charge in [-0.15, -0.1) is 0 Å². The fraction of sp³-hybridized carbons (Fsp3) is 0.393. The molecule has 2 fully saturated rings. The van der Waals surface area contributed by atoms with Gasteiger partial charge in [0.2, 0.25) is 0 Å². The minimum Gasteiger partial charge on any atom is -0.365 e. The molecule has 0 aliphatic carbocycles. The molecule has 3 heterocycles. The summed E-state index contributed by atoms with van der Waals surface area (Å²) in [5.41, 5.74) is 2.72. The van der Waals surface area contributed by atoms with Crippen LogP contribution in [0.4, 0.5) is 4.79 Å². The number of hydrogen-bond acceptors (Lipinski definition) is 6. The molecule has 8 heteroatoms. The summed E-state index contributed by atoms with van der Waals surface area (Å²) in [7, 11) is 0. The Bertz CT molecular complexity index is 1060. The van der Waals surface area contributed by atoms with Gasteiger partial charge in [-0.1, -0.05) is 60.7 Å². The Morgan fingerprint density at radius 2 is 1.56 bits per heavy atom. The molecule has 0 saturated carbocycles. The molecule has 2 aromatic rings. The van der Waals surface area contributed by atoms with E-state index in [2.05, 4.69) is 69.1 Å². The minimum atomic E-state index is -0.480. The van der Waals surface area contributed by atoms with Crippen LogP contribution in [0.25, 0.3) is 0 Å². The van der Waals surface area contributed by atoms with Crippen molar-refractivity contribution in [2.24, 2.45) is 4.99 Å². The van der Waals surface area contributed by atoms with Crippen LogP contribution in [0.3, 0.4) is 0 Å². The van der Waals surface area contributed by atoms with Crippen molar-refractivity contribution in [3.63, 3.8) is 0 Å². The highest BCUT2D eigenvalue weighted by Gasteiger charge is 2.35. The third-order valence-corrected chi connectivity index (χ3v) is 7.00. The molecule has 2 aromatic carbocycles. The number of ether oxygens (including phenoxy) is 1. The van der Waals surface area contributed by atoms with Gasteiger partial charge >= 0.3 is 6.03 Å². The van der Waals surface area contributed by atoms with Gasteiger partial charge in [0, 0.05) is 32.0 Å². The highest BCUT2D eigenvalue weighted by atomic mass is 16.5. The van der Waals surface area contributed by atoms with Crippen LogP contribution in [0, 0.1) is 0 Å². The predicted octanol–water partition coefficient (Wildman–Crippen LogP) is 3.43. The Morgan fingerprint density at radius 3 is 2.22 bits per heavy atom. The Labute approximate surface area is 212 Å². The zero-order chi connectivity index (χ0) is 24.7. The average molecular weight is 488 g/mol. The Hall–Kier alpha value is -3.49. The number of carbonyl (C=O) groups excluding carboxylic acids is 2. The maximum absolute atomic E-state index is 12.0. The van der Waals surface area contributed by atoms with Crippen molar-refractivity contribution in [3.8, 4) is 0 Å². The Morgan fingerprint density at radius 1 is 0.917 bits per heavy atom. The van der Waals surface area contributed by atoms with Crippen LogP contribution in [0.1, 0.15) is 42.9 Å². The lowest BCUT2D eigenvalue weighted by atomic mass is 10.00. The van der Waals surface area contributed by atoms with E-state index in [1.165, 1.54) is 11.1 Å². The Balaban J connectivity index is 1.07. The average Bonchev–Trinajstić information content (AvgIpc) is 2.91. The highest BCUT2D eigenvalue weighted by molar-refractivity contribution is 6.45. The van der Waals surface area contributed by atoms with Gasteiger partial charge in [0.1, 0.15) is 11.8 Å². The van der Waals surface area contributed by atoms with E-state index in [0.717, 1.165) is 51.9 Å². The van der Waals surface area contributed by atoms with Gasteiger partial charge in [0.25, 0.3) is 5.91 Å². The van der Waals surface area contributed by atoms with E-state index in [-0.39, 0.29) is 12.2 Å². The number of piperidine rings is 1. The highest BCUT2D eigenvalue weighted by Crippen LogP contribution is 2.30. The summed E-state index contributed by atoms with van der Waals surface area (Å²) in [5, 5.41) is 5.03. The summed E-state index contributed by atoms with van der Waals surface area (Å²) >= 11 is 0. The first-order chi connectivity index (χ1) is 17.7. The zero-order valence-electron chi connectivity index (χ0n) is 20.4. The van der Waals surface area contributed by atoms with Crippen LogP contribution in [-0.4, -0.2) is 65.9 Å². The van der Waals surface area contributed by atoms with Crippen LogP contribution in [0.2, 0.25) is 0 Å². The fourth-order valence-corrected chi connectivity index (χ4v) is 5.07. The largest absolute Gasteiger partial charge is 0.365 e. The summed E-state index contributed by atoms with van der Waals surface area (Å²) in [4.78, 5) is 32.3. The number of carbonyl (C=O) groups is 2. The first kappa shape index (κ1) is 24.2. The molecule has 1 unspecified atom stereocenters. The van der Waals surface area contributed by atoms with Gasteiger partial charge in [-0.05, 0) is 43.4 Å². The molecule has 8 nitrogen and oxygen atoms in total. The molecule has 188 valence electrons. The number of aliphatic imine (C=N–C) groups is 1. The first-order valence-corrected chi connectivity index (χ1v) is 12.8. The third kappa shape index (κ3) is 5.83. The molecule has 1 atom stereocenters. The SMILES string of the molecule is O=C1NC(=O)C2=NC=CN(CCCCN3CCC(OC(c4ccccc4)c4ccccc4)CC3)C2N1. The van der Waals surface area contributed by atoms with Crippen molar-refractivity contribution in [2.45, 2.75) is 44.1 Å². The van der Waals surface area contributed by atoms with Crippen molar-refractivity contribution in [3.05, 3.63) is 84.2 Å². The number of fused-ring (bicyclic) bond motifs is 1. The van der Waals surface area contributed by atoms with Crippen molar-refractivity contribution in [1.82, 2.24) is 20.4 Å². The van der Waals surface area contributed by atoms with Gasteiger partial charge in [0.15, 0.2) is 6.17 Å². The predicted molar refractivity (Wildman–Crippen MR) is 138 cm³/mol. The molecule has 3 aliphatic rings. The number of amides is 3. The molecule has 3 aliphatic heterocycles. The summed E-state index contributed by atoms with van der Waals surface area (Å²) in [6, 6.07) is 20.5. The lowest BCUT2D eigenvalue weighted by Gasteiger charge is -2.36. The summed E-state index contributed by atoms with van der Waals surface area (Å²) in [6.07, 6.45) is 7.23. The molecule has 0 spiro atoms. The molecule has 3 amide bonds. The van der Waals surface area contributed by atoms with Crippen LogP contribution < -0.4 is 10.6 Å². The van der Waals surface area contributed by atoms with Gasteiger partial charge < -0.3 is 19.9 Å². The molecule has 36 heavy (non-hydrogen) atoms. The van der Waals surface area contributed by atoms with E-state index >= 15 is 0 Å². The normalized spacial score (nSPS) is 20.6. The van der Waals surface area contributed by atoms with Crippen LogP contribution >= 0.6 is 0 Å². The van der Waals surface area contributed by atoms with E-state index < -0.39 is 18.1 Å². The molecule has 0 aromatic heterocycles. The van der Waals surface area contributed by atoms with Gasteiger partial charge in [-0.3, -0.25) is 10.1 Å². The van der Waals surface area contributed by atoms with Crippen LogP contribution in [0.5, 0.6) is 0 Å². The lowest BCUT2D eigenvalue weighted by Crippen LogP contribution is -2.64. The van der Waals surface area contributed by atoms with Crippen molar-refractivity contribution in [2.75, 3.05) is 26.2 Å². The number of unbranched alkanes of at least 4 members (excludes halogenated alkanes) is 1. The molecular formula is C28H33N5O3. The van der Waals surface area contributed by atoms with Crippen molar-refractivity contribution < 1.29 is 14.3 Å². The number of likely N-dealkylation sites (tertiary alicyclic amines) is 1. The van der Waals surface area contributed by atoms with Gasteiger partial charge in [-0.25, -0.2) is 9.79 Å². The molecular weight excluding hydrogens is 454 g/mol. The number of benzene rings is 2. The Kier molecular flexibility index (Phi) is 7.73. The maximum Gasteiger partial charge on any atom is 0.323 e. The molecule has 0 bridgehead atoms. The second-order valence-electron chi connectivity index (χ2n) is 9.47. The molecule has 0 radical (unpaired) electrons. The second-order valence-corrected chi connectivity index (χ2v) is 9.47. The van der Waals surface area contributed by atoms with Crippen molar-refractivity contribution in [1.29, 1.82) is 0 Å². The van der Waals surface area contributed by atoms with E-state index in [0.29, 0.717) is 5.71 Å². The lowest BCUT2D eigenvalue weighted by molar-refractivity contribution is -0.114. The number of hydrogen-bond donors (Lipinski definition) is 2. The maximum atomic E-state index is 12.0. The quantitative estimate of drug-likeness (QED) is 0.530. The van der Waals surface area contributed by atoms with Crippen molar-refractivity contribution >= 4 is 17.6 Å². The number of nitrogens with one attached hydrogen (secondary N) is 2. The summed E-state index contributed by atoms with van der Waals surface area (Å²) < 4.78 is 6.67. The standard InChI is InChI=1S/C28H33N5O3/c34-27-24-26(30-28(35)31-27)33(20-15-29-24)17-8-7-16-32-18-13-23(14-19-32)36-25(21-9-3-1-4-10-21)22-11-5-2-6-12-22/h1-6,9-12,15,20,23,25-26H,7-8,13-14,16-19H2,(H2,30,31,34,35). The topological polar surface area (TPSA) is 86.3 Å². The minimum absolute atomic E-state index is 0.0441. The molecule has 2 N–H and O–H groups in total. The third-order valence-electron chi connectivity index (χ3n) is 7.00. The summed E-state index contributed by atoms with van der Waals surface area (Å²) in [6.45, 7) is 3.84. The fourth-order valence-electron chi connectivity index (χ4n) is 5.07. The van der Waals surface area contributed by atoms with Crippen LogP contribution in [-0.2, 0) is 9.53 Å². The first-order valence-electron chi connectivity index (χ1n) is 12.8. The van der Waals surface area contributed by atoms with E-state index in [9.17, 15) is 9.59 Å². The number of rotatable bonds is 9. The summed E-state index contributed by atoms with van der Waals surface area (Å²) in [5.74, 6) is -0.426. The zero-order valence-corrected chi connectivity index (χ0v) is 20.4. The van der Waals surface area contributed by atoms with Gasteiger partial charge in [-0.2, -0.15) is 0 Å². The monoisotopic (exact) mass is 487 g/mol. The van der Waals surface area contributed by atoms with E-state index in [1.807, 2.05) is 23.2 Å². The number of urea groups is 1. The van der Waals surface area contributed by atoms with E-state index in [1.54, 1.807) is 6.20 Å². The molecule has 2 saturated heterocycles. The second kappa shape index (κ2) is 11.5. The van der Waals surface area contributed by atoms with Crippen LogP contribution in [0.15, 0.2) is 78.1 Å². The number of nitrogens with zero attached hydrogens (tertiary/aromatic N) is 3. The van der Waals surface area contributed by atoms with E-state index in [4.69, 9.17) is 4.74 Å². The van der Waals surface area contributed by atoms with Gasteiger partial charge in [0.05, 0.1) is 6.10 Å².